The maximum atomic E-state index is 13.5. The zero-order valence-electron chi connectivity index (χ0n) is 18.1. The zero-order valence-corrected chi connectivity index (χ0v) is 19.7. The molecule has 1 aliphatic carbocycles. The van der Waals surface area contributed by atoms with Gasteiger partial charge in [-0.2, -0.15) is 0 Å². The van der Waals surface area contributed by atoms with Crippen molar-refractivity contribution >= 4 is 34.9 Å². The number of ether oxygens (including phenoxy) is 1. The van der Waals surface area contributed by atoms with Crippen molar-refractivity contribution in [2.45, 2.75) is 88.9 Å². The predicted octanol–water partition coefficient (Wildman–Crippen LogP) is 4.70. The Kier molecular flexibility index (Phi) is 7.36. The number of rotatable bonds is 4. The van der Waals surface area contributed by atoms with E-state index in [1.165, 1.54) is 11.3 Å². The van der Waals surface area contributed by atoms with Crippen LogP contribution in [0.2, 0.25) is 4.34 Å². The van der Waals surface area contributed by atoms with Gasteiger partial charge >= 0.3 is 6.09 Å². The fraction of sp³-hybridized carbons (Fsp3) is 0.727. The fourth-order valence-corrected chi connectivity index (χ4v) is 5.43. The molecule has 1 saturated carbocycles. The summed E-state index contributed by atoms with van der Waals surface area (Å²) in [7, 11) is 0. The number of halogens is 1. The summed E-state index contributed by atoms with van der Waals surface area (Å²) in [6.07, 6.45) is 5.13. The number of thiophene rings is 1. The van der Waals surface area contributed by atoms with Crippen molar-refractivity contribution in [3.05, 3.63) is 21.3 Å². The number of nitrogens with zero attached hydrogens (tertiary/aromatic N) is 1. The summed E-state index contributed by atoms with van der Waals surface area (Å²) in [6.45, 7) is 6.59. The van der Waals surface area contributed by atoms with Crippen LogP contribution in [0.25, 0.3) is 0 Å². The first-order chi connectivity index (χ1) is 14.1. The Balaban J connectivity index is 1.65. The van der Waals surface area contributed by atoms with Gasteiger partial charge in [-0.25, -0.2) is 4.79 Å². The van der Waals surface area contributed by atoms with Gasteiger partial charge in [0.05, 0.1) is 15.9 Å². The third-order valence-electron chi connectivity index (χ3n) is 5.95. The Hall–Kier alpha value is -1.31. The van der Waals surface area contributed by atoms with Crippen LogP contribution in [-0.4, -0.2) is 52.3 Å². The second-order valence-electron chi connectivity index (χ2n) is 9.53. The second kappa shape index (κ2) is 9.45. The zero-order chi connectivity index (χ0) is 21.9. The van der Waals surface area contributed by atoms with E-state index in [9.17, 15) is 14.7 Å². The van der Waals surface area contributed by atoms with Gasteiger partial charge in [-0.15, -0.1) is 11.3 Å². The van der Waals surface area contributed by atoms with Crippen LogP contribution >= 0.6 is 22.9 Å². The van der Waals surface area contributed by atoms with E-state index in [-0.39, 0.29) is 11.9 Å². The van der Waals surface area contributed by atoms with Crippen molar-refractivity contribution in [3.8, 4) is 0 Å². The number of likely N-dealkylation sites (tertiary alicyclic amines) is 1. The molecule has 0 aromatic carbocycles. The summed E-state index contributed by atoms with van der Waals surface area (Å²) in [5.74, 6) is -0.624. The molecular weight excluding hydrogens is 424 g/mol. The van der Waals surface area contributed by atoms with Crippen LogP contribution in [0, 0.1) is 0 Å². The van der Waals surface area contributed by atoms with E-state index >= 15 is 0 Å². The average molecular weight is 457 g/mol. The largest absolute Gasteiger partial charge is 0.444 e. The molecule has 6 nitrogen and oxygen atoms in total. The highest BCUT2D eigenvalue weighted by Crippen LogP contribution is 2.43. The van der Waals surface area contributed by atoms with Crippen molar-refractivity contribution < 1.29 is 19.4 Å². The summed E-state index contributed by atoms with van der Waals surface area (Å²) in [4.78, 5) is 27.4. The summed E-state index contributed by atoms with van der Waals surface area (Å²) < 4.78 is 5.96. The summed E-state index contributed by atoms with van der Waals surface area (Å²) >= 11 is 7.55. The smallest absolute Gasteiger partial charge is 0.407 e. The molecule has 168 valence electrons. The first-order valence-electron chi connectivity index (χ1n) is 10.8. The quantitative estimate of drug-likeness (QED) is 0.688. The van der Waals surface area contributed by atoms with Gasteiger partial charge in [-0.3, -0.25) is 4.79 Å². The maximum absolute atomic E-state index is 13.5. The molecule has 2 heterocycles. The van der Waals surface area contributed by atoms with E-state index in [1.54, 1.807) is 0 Å². The van der Waals surface area contributed by atoms with Gasteiger partial charge in [0.25, 0.3) is 0 Å². The number of nitrogens with one attached hydrogen (secondary N) is 1. The van der Waals surface area contributed by atoms with Gasteiger partial charge in [-0.05, 0) is 63.5 Å². The highest BCUT2D eigenvalue weighted by Gasteiger charge is 2.45. The van der Waals surface area contributed by atoms with E-state index in [2.05, 4.69) is 5.32 Å². The lowest BCUT2D eigenvalue weighted by Crippen LogP contribution is -2.52. The van der Waals surface area contributed by atoms with Crippen molar-refractivity contribution in [1.29, 1.82) is 0 Å². The molecule has 1 saturated heterocycles. The standard InChI is InChI=1S/C22H33ClN2O4S/c1-21(2,3)29-20(27)24-16-7-11-25(12-8-16)19(26)18(15-13-17(23)30-14-15)22(28)9-5-4-6-10-22/h13-14,16,18,28H,4-12H2,1-3H3,(H,24,27). The number of alkyl carbamates (subject to hydrolysis) is 1. The van der Waals surface area contributed by atoms with Crippen LogP contribution < -0.4 is 5.32 Å². The van der Waals surface area contributed by atoms with Crippen molar-refractivity contribution in [2.24, 2.45) is 0 Å². The summed E-state index contributed by atoms with van der Waals surface area (Å²) in [5, 5.41) is 16.2. The maximum Gasteiger partial charge on any atom is 0.407 e. The molecule has 2 fully saturated rings. The fourth-order valence-electron chi connectivity index (χ4n) is 4.51. The Bertz CT molecular complexity index is 747. The van der Waals surface area contributed by atoms with E-state index in [0.29, 0.717) is 43.1 Å². The first kappa shape index (κ1) is 23.4. The Morgan fingerprint density at radius 3 is 2.43 bits per heavy atom. The van der Waals surface area contributed by atoms with Crippen LogP contribution in [0.1, 0.15) is 77.2 Å². The number of amides is 2. The molecule has 30 heavy (non-hydrogen) atoms. The lowest BCUT2D eigenvalue weighted by Gasteiger charge is -2.42. The van der Waals surface area contributed by atoms with Crippen molar-refractivity contribution in [2.75, 3.05) is 13.1 Å². The van der Waals surface area contributed by atoms with Gasteiger partial charge in [0.2, 0.25) is 5.91 Å². The van der Waals surface area contributed by atoms with Gasteiger partial charge in [0.15, 0.2) is 0 Å². The van der Waals surface area contributed by atoms with E-state index in [1.807, 2.05) is 37.1 Å². The third kappa shape index (κ3) is 5.89. The molecule has 0 bridgehead atoms. The molecular formula is C22H33ClN2O4S. The van der Waals surface area contributed by atoms with Gasteiger partial charge in [-0.1, -0.05) is 30.9 Å². The van der Waals surface area contributed by atoms with E-state index in [0.717, 1.165) is 24.8 Å². The molecule has 2 N–H and O–H groups in total. The van der Waals surface area contributed by atoms with Crippen molar-refractivity contribution in [1.82, 2.24) is 10.2 Å². The van der Waals surface area contributed by atoms with Crippen LogP contribution in [0.3, 0.4) is 0 Å². The number of aliphatic hydroxyl groups is 1. The predicted molar refractivity (Wildman–Crippen MR) is 119 cm³/mol. The minimum atomic E-state index is -1.02. The van der Waals surface area contributed by atoms with Crippen LogP contribution in [-0.2, 0) is 9.53 Å². The number of piperidine rings is 1. The molecule has 1 atom stereocenters. The Labute approximate surface area is 187 Å². The monoisotopic (exact) mass is 456 g/mol. The Morgan fingerprint density at radius 2 is 1.90 bits per heavy atom. The third-order valence-corrected chi connectivity index (χ3v) is 7.06. The highest BCUT2D eigenvalue weighted by atomic mass is 35.5. The van der Waals surface area contributed by atoms with Gasteiger partial charge < -0.3 is 20.1 Å². The average Bonchev–Trinajstić information content (AvgIpc) is 3.06. The van der Waals surface area contributed by atoms with E-state index < -0.39 is 23.2 Å². The summed E-state index contributed by atoms with van der Waals surface area (Å²) in [6, 6.07) is 1.80. The van der Waals surface area contributed by atoms with Crippen LogP contribution in [0.5, 0.6) is 0 Å². The first-order valence-corrected chi connectivity index (χ1v) is 12.1. The SMILES string of the molecule is CC(C)(C)OC(=O)NC1CCN(C(=O)C(c2csc(Cl)c2)C2(O)CCCCC2)CC1. The van der Waals surface area contributed by atoms with Gasteiger partial charge in [0, 0.05) is 19.1 Å². The molecule has 1 aromatic rings. The molecule has 2 amide bonds. The molecule has 1 aliphatic heterocycles. The number of hydrogen-bond acceptors (Lipinski definition) is 5. The molecule has 8 heteroatoms. The number of carbonyl (C=O) groups is 2. The lowest BCUT2D eigenvalue weighted by atomic mass is 9.72. The molecule has 0 spiro atoms. The summed E-state index contributed by atoms with van der Waals surface area (Å²) in [5.41, 5.74) is -0.746. The minimum absolute atomic E-state index is 0.0179. The second-order valence-corrected chi connectivity index (χ2v) is 11.1. The molecule has 2 aliphatic rings. The molecule has 1 unspecified atom stereocenters. The van der Waals surface area contributed by atoms with Crippen LogP contribution in [0.15, 0.2) is 11.4 Å². The molecule has 3 rings (SSSR count). The van der Waals surface area contributed by atoms with Gasteiger partial charge in [0.1, 0.15) is 5.60 Å². The van der Waals surface area contributed by atoms with Crippen molar-refractivity contribution in [3.63, 3.8) is 0 Å². The van der Waals surface area contributed by atoms with Crippen LogP contribution in [0.4, 0.5) is 4.79 Å². The number of hydrogen-bond donors (Lipinski definition) is 2. The Morgan fingerprint density at radius 1 is 1.27 bits per heavy atom. The minimum Gasteiger partial charge on any atom is -0.444 e. The number of carbonyl (C=O) groups excluding carboxylic acids is 2. The molecule has 0 radical (unpaired) electrons. The molecule has 1 aromatic heterocycles. The normalized spacial score (nSPS) is 21.2. The van der Waals surface area contributed by atoms with E-state index in [4.69, 9.17) is 16.3 Å². The lowest BCUT2D eigenvalue weighted by molar-refractivity contribution is -0.142. The topological polar surface area (TPSA) is 78.9 Å². The highest BCUT2D eigenvalue weighted by molar-refractivity contribution is 7.14.